The Morgan fingerprint density at radius 3 is 2.53 bits per heavy atom. The van der Waals surface area contributed by atoms with Crippen LogP contribution >= 0.6 is 0 Å². The molecule has 1 aromatic heterocycles. The number of fused-ring (bicyclic) bond motifs is 2. The number of ketones is 1. The van der Waals surface area contributed by atoms with Crippen LogP contribution in [0.4, 0.5) is 13.2 Å². The van der Waals surface area contributed by atoms with E-state index in [0.717, 1.165) is 25.0 Å². The second kappa shape index (κ2) is 8.09. The van der Waals surface area contributed by atoms with Gasteiger partial charge in [0.2, 0.25) is 0 Å². The van der Waals surface area contributed by atoms with Crippen molar-refractivity contribution in [3.05, 3.63) is 47.5 Å². The molecule has 0 unspecified atom stereocenters. The fraction of sp³-hybridized carbons (Fsp3) is 0.409. The number of carbonyl (C=O) groups is 1. The van der Waals surface area contributed by atoms with E-state index in [1.165, 1.54) is 6.07 Å². The zero-order valence-electron chi connectivity index (χ0n) is 17.1. The number of likely N-dealkylation sites (tertiary alicyclic amines) is 1. The molecule has 0 N–H and O–H groups in total. The first kappa shape index (κ1) is 20.7. The zero-order valence-corrected chi connectivity index (χ0v) is 17.1. The lowest BCUT2D eigenvalue weighted by atomic mass is 10.0. The highest BCUT2D eigenvalue weighted by Gasteiger charge is 2.31. The van der Waals surface area contributed by atoms with Crippen molar-refractivity contribution >= 4 is 16.8 Å². The third-order valence-corrected chi connectivity index (χ3v) is 5.93. The summed E-state index contributed by atoms with van der Waals surface area (Å²) in [5.41, 5.74) is 0.670. The van der Waals surface area contributed by atoms with Crippen LogP contribution in [0.3, 0.4) is 0 Å². The summed E-state index contributed by atoms with van der Waals surface area (Å²) in [4.78, 5) is 14.8. The predicted octanol–water partition coefficient (Wildman–Crippen LogP) is 3.74. The Morgan fingerprint density at radius 1 is 1.03 bits per heavy atom. The van der Waals surface area contributed by atoms with Gasteiger partial charge in [0, 0.05) is 18.7 Å². The zero-order chi connectivity index (χ0) is 22.3. The fourth-order valence-corrected chi connectivity index (χ4v) is 4.22. The maximum absolute atomic E-state index is 12.9. The molecule has 0 radical (unpaired) electrons. The van der Waals surface area contributed by atoms with Gasteiger partial charge >= 0.3 is 6.18 Å². The number of benzene rings is 2. The van der Waals surface area contributed by atoms with Gasteiger partial charge in [-0.25, -0.2) is 4.68 Å². The molecule has 2 aliphatic heterocycles. The Labute approximate surface area is 181 Å². The van der Waals surface area contributed by atoms with Crippen LogP contribution in [0.2, 0.25) is 0 Å². The smallest absolute Gasteiger partial charge is 0.416 e. The quantitative estimate of drug-likeness (QED) is 0.569. The van der Waals surface area contributed by atoms with E-state index in [1.807, 2.05) is 0 Å². The molecule has 0 atom stereocenters. The van der Waals surface area contributed by atoms with E-state index in [-0.39, 0.29) is 17.3 Å². The number of halogens is 3. The van der Waals surface area contributed by atoms with Crippen molar-refractivity contribution in [2.45, 2.75) is 25.1 Å². The van der Waals surface area contributed by atoms with Crippen molar-refractivity contribution in [2.75, 3.05) is 32.8 Å². The molecule has 1 fully saturated rings. The van der Waals surface area contributed by atoms with Crippen LogP contribution in [-0.2, 0) is 6.18 Å². The molecule has 3 aromatic rings. The summed E-state index contributed by atoms with van der Waals surface area (Å²) in [5.74, 6) is 1.25. The number of aromatic nitrogens is 3. The van der Waals surface area contributed by atoms with Gasteiger partial charge in [0.05, 0.1) is 23.7 Å². The fourth-order valence-electron chi connectivity index (χ4n) is 4.22. The normalized spacial score (nSPS) is 17.6. The third-order valence-electron chi connectivity index (χ3n) is 5.93. The van der Waals surface area contributed by atoms with Crippen molar-refractivity contribution in [3.63, 3.8) is 0 Å². The molecule has 2 aromatic carbocycles. The average molecular weight is 446 g/mol. The van der Waals surface area contributed by atoms with Crippen LogP contribution in [-0.4, -0.2) is 58.5 Å². The van der Waals surface area contributed by atoms with Gasteiger partial charge in [-0.05, 0) is 49.2 Å². The molecule has 32 heavy (non-hydrogen) atoms. The summed E-state index contributed by atoms with van der Waals surface area (Å²) in [6.07, 6.45) is -2.95. The molecule has 2 aliphatic rings. The molecule has 0 saturated carbocycles. The number of hydrogen-bond donors (Lipinski definition) is 0. The molecule has 1 saturated heterocycles. The largest absolute Gasteiger partial charge is 0.486 e. The van der Waals surface area contributed by atoms with Gasteiger partial charge in [-0.15, -0.1) is 5.10 Å². The summed E-state index contributed by atoms with van der Waals surface area (Å²) in [6.45, 7) is 2.62. The second-order valence-corrected chi connectivity index (χ2v) is 8.02. The Hall–Kier alpha value is -3.14. The maximum Gasteiger partial charge on any atom is 0.416 e. The first-order valence-electron chi connectivity index (χ1n) is 10.5. The van der Waals surface area contributed by atoms with Crippen LogP contribution < -0.4 is 9.47 Å². The van der Waals surface area contributed by atoms with Gasteiger partial charge in [-0.3, -0.25) is 9.69 Å². The molecule has 5 rings (SSSR count). The number of ether oxygens (including phenoxy) is 2. The minimum Gasteiger partial charge on any atom is -0.486 e. The number of alkyl halides is 3. The van der Waals surface area contributed by atoms with Crippen LogP contribution in [0.5, 0.6) is 11.5 Å². The Kier molecular flexibility index (Phi) is 5.24. The number of nitrogens with zero attached hydrogens (tertiary/aromatic N) is 4. The number of Topliss-reactive ketones (excluding diaryl/α,β-unsaturated/α-hetero) is 1. The highest BCUT2D eigenvalue weighted by Crippen LogP contribution is 2.33. The number of hydrogen-bond acceptors (Lipinski definition) is 6. The van der Waals surface area contributed by atoms with Gasteiger partial charge in [0.1, 0.15) is 18.7 Å². The van der Waals surface area contributed by atoms with Gasteiger partial charge in [0.25, 0.3) is 0 Å². The van der Waals surface area contributed by atoms with Gasteiger partial charge in [0.15, 0.2) is 17.3 Å². The Bertz CT molecular complexity index is 1150. The standard InChI is InChI=1S/C22H21F3N4O3/c23-22(24,25)15-2-3-18-17(12-15)26-27-29(18)16-5-7-28(8-6-16)13-19(30)14-1-4-20-21(11-14)32-10-9-31-20/h1-4,11-12,16H,5-10,13H2. The van der Waals surface area contributed by atoms with E-state index in [4.69, 9.17) is 9.47 Å². The topological polar surface area (TPSA) is 69.5 Å². The minimum atomic E-state index is -4.41. The second-order valence-electron chi connectivity index (χ2n) is 8.02. The summed E-state index contributed by atoms with van der Waals surface area (Å²) in [7, 11) is 0. The van der Waals surface area contributed by atoms with Crippen LogP contribution in [0.25, 0.3) is 11.0 Å². The van der Waals surface area contributed by atoms with Crippen molar-refractivity contribution < 1.29 is 27.4 Å². The number of rotatable bonds is 4. The number of piperidine rings is 1. The monoisotopic (exact) mass is 446 g/mol. The van der Waals surface area contributed by atoms with Crippen molar-refractivity contribution in [2.24, 2.45) is 0 Å². The molecule has 10 heteroatoms. The van der Waals surface area contributed by atoms with Gasteiger partial charge in [-0.2, -0.15) is 13.2 Å². The lowest BCUT2D eigenvalue weighted by Gasteiger charge is -2.31. The molecular formula is C22H21F3N4O3. The van der Waals surface area contributed by atoms with E-state index < -0.39 is 11.7 Å². The molecule has 3 heterocycles. The van der Waals surface area contributed by atoms with Crippen LogP contribution in [0, 0.1) is 0 Å². The lowest BCUT2D eigenvalue weighted by molar-refractivity contribution is -0.137. The lowest BCUT2D eigenvalue weighted by Crippen LogP contribution is -2.38. The summed E-state index contributed by atoms with van der Waals surface area (Å²) in [6, 6.07) is 8.77. The highest BCUT2D eigenvalue weighted by molar-refractivity contribution is 5.98. The summed E-state index contributed by atoms with van der Waals surface area (Å²) in [5, 5.41) is 8.04. The Balaban J connectivity index is 1.22. The molecule has 0 amide bonds. The summed E-state index contributed by atoms with van der Waals surface area (Å²) < 4.78 is 51.5. The Morgan fingerprint density at radius 2 is 1.78 bits per heavy atom. The van der Waals surface area contributed by atoms with Crippen molar-refractivity contribution in [1.82, 2.24) is 19.9 Å². The van der Waals surface area contributed by atoms with Crippen LogP contribution in [0.15, 0.2) is 36.4 Å². The predicted molar refractivity (Wildman–Crippen MR) is 109 cm³/mol. The molecule has 0 bridgehead atoms. The van der Waals surface area contributed by atoms with E-state index >= 15 is 0 Å². The van der Waals surface area contributed by atoms with E-state index in [9.17, 15) is 18.0 Å². The van der Waals surface area contributed by atoms with E-state index in [1.54, 1.807) is 22.9 Å². The van der Waals surface area contributed by atoms with Gasteiger partial charge in [-0.1, -0.05) is 5.21 Å². The summed E-state index contributed by atoms with van der Waals surface area (Å²) >= 11 is 0. The van der Waals surface area contributed by atoms with E-state index in [0.29, 0.717) is 55.4 Å². The van der Waals surface area contributed by atoms with Gasteiger partial charge < -0.3 is 9.47 Å². The average Bonchev–Trinajstić information content (AvgIpc) is 3.22. The molecule has 0 aliphatic carbocycles. The van der Waals surface area contributed by atoms with Crippen LogP contribution in [0.1, 0.15) is 34.8 Å². The molecule has 7 nitrogen and oxygen atoms in total. The first-order valence-corrected chi connectivity index (χ1v) is 10.5. The third kappa shape index (κ3) is 4.02. The molecular weight excluding hydrogens is 425 g/mol. The SMILES string of the molecule is O=C(CN1CCC(n2nnc3cc(C(F)(F)F)ccc32)CC1)c1ccc2c(c1)OCCO2. The van der Waals surface area contributed by atoms with Crippen molar-refractivity contribution in [3.8, 4) is 11.5 Å². The highest BCUT2D eigenvalue weighted by atomic mass is 19.4. The molecule has 0 spiro atoms. The maximum atomic E-state index is 12.9. The number of carbonyl (C=O) groups excluding carboxylic acids is 1. The minimum absolute atomic E-state index is 0.00584. The molecule has 168 valence electrons. The van der Waals surface area contributed by atoms with E-state index in [2.05, 4.69) is 15.2 Å². The first-order chi connectivity index (χ1) is 15.4. The van der Waals surface area contributed by atoms with Crippen molar-refractivity contribution in [1.29, 1.82) is 0 Å².